The number of aryl methyl sites for hydroxylation is 2. The maximum Gasteiger partial charge on any atom is 0.344 e. The van der Waals surface area contributed by atoms with E-state index < -0.39 is 5.97 Å². The Bertz CT molecular complexity index is 801. The second-order valence-corrected chi connectivity index (χ2v) is 6.36. The summed E-state index contributed by atoms with van der Waals surface area (Å²) in [4.78, 5) is 23.6. The number of carbonyl (C=O) groups excluding carboxylic acids is 2. The number of amides is 1. The molecule has 0 saturated carbocycles. The number of hydrogen-bond acceptors (Lipinski definition) is 5. The number of nitrogens with one attached hydrogen (secondary N) is 1. The molecule has 2 aromatic rings. The molecule has 1 amide bonds. The van der Waals surface area contributed by atoms with Gasteiger partial charge in [0, 0.05) is 6.54 Å². The van der Waals surface area contributed by atoms with Crippen molar-refractivity contribution in [3.63, 3.8) is 0 Å². The minimum atomic E-state index is -0.574. The van der Waals surface area contributed by atoms with Gasteiger partial charge in [-0.3, -0.25) is 4.79 Å². The summed E-state index contributed by atoms with van der Waals surface area (Å²) < 4.78 is 15.5. The smallest absolute Gasteiger partial charge is 0.344 e. The van der Waals surface area contributed by atoms with Gasteiger partial charge in [-0.25, -0.2) is 4.79 Å². The summed E-state index contributed by atoms with van der Waals surface area (Å²) in [6, 6.07) is 13.2. The first kappa shape index (κ1) is 18.8. The number of benzene rings is 2. The quantitative estimate of drug-likeness (QED) is 0.724. The molecule has 27 heavy (non-hydrogen) atoms. The van der Waals surface area contributed by atoms with Gasteiger partial charge in [-0.2, -0.15) is 0 Å². The minimum Gasteiger partial charge on any atom is -0.497 e. The van der Waals surface area contributed by atoms with Gasteiger partial charge in [-0.1, -0.05) is 18.2 Å². The largest absolute Gasteiger partial charge is 0.497 e. The van der Waals surface area contributed by atoms with E-state index in [1.807, 2.05) is 42.5 Å². The molecule has 0 saturated heterocycles. The average molecular weight is 369 g/mol. The normalized spacial score (nSPS) is 12.2. The van der Waals surface area contributed by atoms with Crippen LogP contribution in [0.25, 0.3) is 0 Å². The van der Waals surface area contributed by atoms with Crippen LogP contribution in [0.2, 0.25) is 0 Å². The van der Waals surface area contributed by atoms with E-state index in [1.54, 1.807) is 7.11 Å². The highest BCUT2D eigenvalue weighted by Gasteiger charge is 2.13. The van der Waals surface area contributed by atoms with Crippen molar-refractivity contribution < 1.29 is 23.8 Å². The van der Waals surface area contributed by atoms with E-state index in [-0.39, 0.29) is 19.1 Å². The van der Waals surface area contributed by atoms with Crippen LogP contribution in [0.4, 0.5) is 0 Å². The molecule has 0 atom stereocenters. The molecule has 0 radical (unpaired) electrons. The molecule has 142 valence electrons. The van der Waals surface area contributed by atoms with E-state index in [0.717, 1.165) is 30.6 Å². The Kier molecular flexibility index (Phi) is 6.30. The summed E-state index contributed by atoms with van der Waals surface area (Å²) in [5.74, 6) is 0.464. The number of fused-ring (bicyclic) bond motifs is 1. The van der Waals surface area contributed by atoms with Crippen molar-refractivity contribution in [1.82, 2.24) is 5.32 Å². The lowest BCUT2D eigenvalue weighted by Crippen LogP contribution is -2.29. The molecular weight excluding hydrogens is 346 g/mol. The summed E-state index contributed by atoms with van der Waals surface area (Å²) >= 11 is 0. The monoisotopic (exact) mass is 369 g/mol. The summed E-state index contributed by atoms with van der Waals surface area (Å²) in [5, 5.41) is 2.70. The fourth-order valence-electron chi connectivity index (χ4n) is 2.96. The van der Waals surface area contributed by atoms with E-state index in [2.05, 4.69) is 5.32 Å². The Morgan fingerprint density at radius 2 is 1.70 bits per heavy atom. The predicted octanol–water partition coefficient (Wildman–Crippen LogP) is 2.42. The lowest BCUT2D eigenvalue weighted by molar-refractivity contribution is -0.150. The van der Waals surface area contributed by atoms with Gasteiger partial charge in [0.05, 0.1) is 7.11 Å². The second kappa shape index (κ2) is 9.07. The number of rotatable bonds is 8. The number of carbonyl (C=O) groups is 2. The van der Waals surface area contributed by atoms with Crippen molar-refractivity contribution in [1.29, 1.82) is 0 Å². The molecular formula is C21H23NO5. The third kappa shape index (κ3) is 5.48. The van der Waals surface area contributed by atoms with Crippen LogP contribution in [-0.2, 0) is 33.7 Å². The molecule has 0 fully saturated rings. The lowest BCUT2D eigenvalue weighted by atomic mass is 10.1. The first-order valence-electron chi connectivity index (χ1n) is 8.94. The van der Waals surface area contributed by atoms with Gasteiger partial charge in [0.25, 0.3) is 5.91 Å². The highest BCUT2D eigenvalue weighted by atomic mass is 16.6. The van der Waals surface area contributed by atoms with Crippen molar-refractivity contribution in [2.45, 2.75) is 25.8 Å². The van der Waals surface area contributed by atoms with Crippen LogP contribution in [0.3, 0.4) is 0 Å². The molecule has 6 heteroatoms. The summed E-state index contributed by atoms with van der Waals surface area (Å²) in [7, 11) is 1.60. The zero-order valence-corrected chi connectivity index (χ0v) is 15.3. The first-order chi connectivity index (χ1) is 13.1. The molecule has 0 unspecified atom stereocenters. The number of methoxy groups -OCH3 is 1. The van der Waals surface area contributed by atoms with Gasteiger partial charge in [-0.15, -0.1) is 0 Å². The molecule has 3 rings (SSSR count). The Labute approximate surface area is 158 Å². The van der Waals surface area contributed by atoms with Crippen molar-refractivity contribution in [2.24, 2.45) is 0 Å². The Hall–Kier alpha value is -3.02. The van der Waals surface area contributed by atoms with Crippen LogP contribution in [-0.4, -0.2) is 32.2 Å². The molecule has 1 N–H and O–H groups in total. The van der Waals surface area contributed by atoms with E-state index in [0.29, 0.717) is 12.3 Å². The van der Waals surface area contributed by atoms with E-state index in [4.69, 9.17) is 14.2 Å². The maximum absolute atomic E-state index is 11.8. The summed E-state index contributed by atoms with van der Waals surface area (Å²) in [5.41, 5.74) is 3.55. The SMILES string of the molecule is COc1ccc(CNC(=O)COC(=O)COc2ccc3c(c2)CCC3)cc1. The maximum atomic E-state index is 11.8. The minimum absolute atomic E-state index is 0.218. The van der Waals surface area contributed by atoms with Gasteiger partial charge in [0.15, 0.2) is 13.2 Å². The van der Waals surface area contributed by atoms with Crippen LogP contribution in [0, 0.1) is 0 Å². The van der Waals surface area contributed by atoms with E-state index in [9.17, 15) is 9.59 Å². The molecule has 2 aromatic carbocycles. The number of ether oxygens (including phenoxy) is 3. The third-order valence-corrected chi connectivity index (χ3v) is 4.44. The van der Waals surface area contributed by atoms with Gasteiger partial charge < -0.3 is 19.5 Å². The highest BCUT2D eigenvalue weighted by molar-refractivity contribution is 5.80. The molecule has 1 aliphatic rings. The Morgan fingerprint density at radius 1 is 0.963 bits per heavy atom. The number of hydrogen-bond donors (Lipinski definition) is 1. The van der Waals surface area contributed by atoms with Crippen LogP contribution in [0.1, 0.15) is 23.1 Å². The Balaban J connectivity index is 1.35. The van der Waals surface area contributed by atoms with Gasteiger partial charge in [-0.05, 0) is 60.2 Å². The van der Waals surface area contributed by atoms with Crippen LogP contribution in [0.5, 0.6) is 11.5 Å². The van der Waals surface area contributed by atoms with Crippen molar-refractivity contribution in [3.05, 3.63) is 59.2 Å². The Morgan fingerprint density at radius 3 is 2.48 bits per heavy atom. The predicted molar refractivity (Wildman–Crippen MR) is 99.8 cm³/mol. The average Bonchev–Trinajstić information content (AvgIpc) is 3.17. The standard InChI is InChI=1S/C21H23NO5/c1-25-18-8-5-15(6-9-18)12-22-20(23)13-27-21(24)14-26-19-10-7-16-3-2-4-17(16)11-19/h5-11H,2-4,12-14H2,1H3,(H,22,23). The lowest BCUT2D eigenvalue weighted by Gasteiger charge is -2.09. The van der Waals surface area contributed by atoms with Crippen molar-refractivity contribution in [3.8, 4) is 11.5 Å². The topological polar surface area (TPSA) is 73.9 Å². The van der Waals surface area contributed by atoms with E-state index >= 15 is 0 Å². The van der Waals surface area contributed by atoms with Gasteiger partial charge in [0.2, 0.25) is 0 Å². The third-order valence-electron chi connectivity index (χ3n) is 4.44. The first-order valence-corrected chi connectivity index (χ1v) is 8.94. The van der Waals surface area contributed by atoms with Gasteiger partial charge >= 0.3 is 5.97 Å². The van der Waals surface area contributed by atoms with Crippen LogP contribution < -0.4 is 14.8 Å². The van der Waals surface area contributed by atoms with Crippen LogP contribution >= 0.6 is 0 Å². The summed E-state index contributed by atoms with van der Waals surface area (Å²) in [6.07, 6.45) is 3.31. The molecule has 6 nitrogen and oxygen atoms in total. The fraction of sp³-hybridized carbons (Fsp3) is 0.333. The molecule has 0 spiro atoms. The molecule has 0 aliphatic heterocycles. The fourth-order valence-corrected chi connectivity index (χ4v) is 2.96. The highest BCUT2D eigenvalue weighted by Crippen LogP contribution is 2.25. The molecule has 1 aliphatic carbocycles. The van der Waals surface area contributed by atoms with Crippen LogP contribution in [0.15, 0.2) is 42.5 Å². The van der Waals surface area contributed by atoms with Gasteiger partial charge in [0.1, 0.15) is 11.5 Å². The second-order valence-electron chi connectivity index (χ2n) is 6.36. The zero-order valence-electron chi connectivity index (χ0n) is 15.3. The summed E-state index contributed by atoms with van der Waals surface area (Å²) in [6.45, 7) is -0.195. The number of esters is 1. The zero-order chi connectivity index (χ0) is 19.1. The molecule has 0 aromatic heterocycles. The molecule has 0 heterocycles. The van der Waals surface area contributed by atoms with Crippen molar-refractivity contribution >= 4 is 11.9 Å². The molecule has 0 bridgehead atoms. The van der Waals surface area contributed by atoms with Crippen molar-refractivity contribution in [2.75, 3.05) is 20.3 Å². The van der Waals surface area contributed by atoms with E-state index in [1.165, 1.54) is 11.1 Å².